The summed E-state index contributed by atoms with van der Waals surface area (Å²) in [6, 6.07) is 0. The van der Waals surface area contributed by atoms with E-state index in [1.807, 2.05) is 33.3 Å². The van der Waals surface area contributed by atoms with Crippen LogP contribution >= 0.6 is 11.3 Å². The third-order valence-corrected chi connectivity index (χ3v) is 3.69. The third kappa shape index (κ3) is 2.59. The van der Waals surface area contributed by atoms with Crippen molar-refractivity contribution in [3.8, 4) is 0 Å². The number of hydrogen-bond acceptors (Lipinski definition) is 6. The molecule has 0 aliphatic carbocycles. The number of thiazole rings is 1. The molecule has 2 rings (SSSR count). The Morgan fingerprint density at radius 3 is 2.50 bits per heavy atom. The van der Waals surface area contributed by atoms with E-state index >= 15 is 0 Å². The van der Waals surface area contributed by atoms with E-state index in [2.05, 4.69) is 25.6 Å². The van der Waals surface area contributed by atoms with E-state index in [0.29, 0.717) is 0 Å². The molecular weight excluding hydrogens is 246 g/mol. The quantitative estimate of drug-likeness (QED) is 0.887. The minimum Gasteiger partial charge on any atom is -0.373 e. The monoisotopic (exact) mass is 263 g/mol. The third-order valence-electron chi connectivity index (χ3n) is 2.76. The molecule has 0 aromatic carbocycles. The molecule has 5 nitrogen and oxygen atoms in total. The standard InChI is InChI=1S/C12H17N5S/c1-7-11(13-4)16-9(3)17-12(7)14-5-10-8(2)15-6-18-10/h6H,5H2,1-4H3,(H2,13,14,16,17). The molecule has 0 fully saturated rings. The molecule has 0 saturated heterocycles. The van der Waals surface area contributed by atoms with Crippen molar-refractivity contribution in [2.45, 2.75) is 27.3 Å². The average Bonchev–Trinajstić information content (AvgIpc) is 2.75. The van der Waals surface area contributed by atoms with Gasteiger partial charge in [-0.25, -0.2) is 15.0 Å². The Morgan fingerprint density at radius 2 is 1.89 bits per heavy atom. The number of aromatic nitrogens is 3. The van der Waals surface area contributed by atoms with Crippen LogP contribution in [0.3, 0.4) is 0 Å². The fraction of sp³-hybridized carbons (Fsp3) is 0.417. The van der Waals surface area contributed by atoms with Gasteiger partial charge in [-0.3, -0.25) is 0 Å². The highest BCUT2D eigenvalue weighted by molar-refractivity contribution is 7.09. The maximum atomic E-state index is 4.43. The molecule has 2 N–H and O–H groups in total. The van der Waals surface area contributed by atoms with E-state index in [9.17, 15) is 0 Å². The van der Waals surface area contributed by atoms with Crippen LogP contribution in [0.15, 0.2) is 5.51 Å². The first-order valence-electron chi connectivity index (χ1n) is 5.77. The molecule has 2 aromatic rings. The van der Waals surface area contributed by atoms with Crippen LogP contribution in [-0.4, -0.2) is 22.0 Å². The van der Waals surface area contributed by atoms with Crippen LogP contribution in [0, 0.1) is 20.8 Å². The second-order valence-corrected chi connectivity index (χ2v) is 5.00. The molecule has 0 bridgehead atoms. The summed E-state index contributed by atoms with van der Waals surface area (Å²) in [4.78, 5) is 14.2. The number of hydrogen-bond donors (Lipinski definition) is 2. The lowest BCUT2D eigenvalue weighted by molar-refractivity contribution is 1.00. The lowest BCUT2D eigenvalue weighted by atomic mass is 10.3. The predicted octanol–water partition coefficient (Wildman–Crippen LogP) is 2.51. The van der Waals surface area contributed by atoms with Gasteiger partial charge in [-0.15, -0.1) is 11.3 Å². The summed E-state index contributed by atoms with van der Waals surface area (Å²) in [7, 11) is 1.87. The minimum atomic E-state index is 0.747. The minimum absolute atomic E-state index is 0.747. The molecule has 0 aliphatic heterocycles. The van der Waals surface area contributed by atoms with Crippen molar-refractivity contribution in [1.29, 1.82) is 0 Å². The smallest absolute Gasteiger partial charge is 0.135 e. The van der Waals surface area contributed by atoms with Crippen LogP contribution in [0.2, 0.25) is 0 Å². The van der Waals surface area contributed by atoms with E-state index in [1.54, 1.807) is 11.3 Å². The highest BCUT2D eigenvalue weighted by atomic mass is 32.1. The SMILES string of the molecule is CNc1nc(C)nc(NCc2scnc2C)c1C. The van der Waals surface area contributed by atoms with Crippen LogP contribution in [-0.2, 0) is 6.54 Å². The second kappa shape index (κ2) is 5.30. The molecule has 6 heteroatoms. The van der Waals surface area contributed by atoms with E-state index in [0.717, 1.165) is 35.3 Å². The predicted molar refractivity (Wildman–Crippen MR) is 75.2 cm³/mol. The average molecular weight is 263 g/mol. The van der Waals surface area contributed by atoms with Crippen LogP contribution in [0.25, 0.3) is 0 Å². The Balaban J connectivity index is 2.19. The van der Waals surface area contributed by atoms with Gasteiger partial charge < -0.3 is 10.6 Å². The van der Waals surface area contributed by atoms with Crippen molar-refractivity contribution < 1.29 is 0 Å². The first-order chi connectivity index (χ1) is 8.61. The first-order valence-corrected chi connectivity index (χ1v) is 6.65. The van der Waals surface area contributed by atoms with Gasteiger partial charge in [-0.1, -0.05) is 0 Å². The van der Waals surface area contributed by atoms with Gasteiger partial charge in [-0.2, -0.15) is 0 Å². The van der Waals surface area contributed by atoms with E-state index < -0.39 is 0 Å². The molecule has 2 aromatic heterocycles. The number of anilines is 2. The molecule has 0 unspecified atom stereocenters. The van der Waals surface area contributed by atoms with Gasteiger partial charge >= 0.3 is 0 Å². The summed E-state index contributed by atoms with van der Waals surface area (Å²) >= 11 is 1.66. The van der Waals surface area contributed by atoms with E-state index in [1.165, 1.54) is 4.88 Å². The molecule has 0 atom stereocenters. The van der Waals surface area contributed by atoms with Gasteiger partial charge in [0.2, 0.25) is 0 Å². The molecule has 18 heavy (non-hydrogen) atoms. The van der Waals surface area contributed by atoms with Crippen molar-refractivity contribution in [2.24, 2.45) is 0 Å². The molecule has 0 spiro atoms. The topological polar surface area (TPSA) is 62.7 Å². The molecule has 0 aliphatic rings. The lowest BCUT2D eigenvalue weighted by Crippen LogP contribution is -2.08. The maximum absolute atomic E-state index is 4.43. The lowest BCUT2D eigenvalue weighted by Gasteiger charge is -2.12. The van der Waals surface area contributed by atoms with Crippen molar-refractivity contribution in [3.05, 3.63) is 27.5 Å². The zero-order valence-corrected chi connectivity index (χ0v) is 11.9. The van der Waals surface area contributed by atoms with Crippen LogP contribution in [0.1, 0.15) is 22.0 Å². The number of nitrogens with zero attached hydrogens (tertiary/aromatic N) is 3. The summed E-state index contributed by atoms with van der Waals surface area (Å²) in [5.41, 5.74) is 3.97. The molecular formula is C12H17N5S. The van der Waals surface area contributed by atoms with Gasteiger partial charge in [0, 0.05) is 17.5 Å². The summed E-state index contributed by atoms with van der Waals surface area (Å²) in [6.45, 7) is 6.66. The summed E-state index contributed by atoms with van der Waals surface area (Å²) in [5.74, 6) is 2.50. The van der Waals surface area contributed by atoms with Crippen molar-refractivity contribution in [2.75, 3.05) is 17.7 Å². The largest absolute Gasteiger partial charge is 0.373 e. The van der Waals surface area contributed by atoms with Crippen LogP contribution in [0.5, 0.6) is 0 Å². The molecule has 2 heterocycles. The summed E-state index contributed by atoms with van der Waals surface area (Å²) in [6.07, 6.45) is 0. The maximum Gasteiger partial charge on any atom is 0.135 e. The Kier molecular flexibility index (Phi) is 3.76. The van der Waals surface area contributed by atoms with Crippen LogP contribution < -0.4 is 10.6 Å². The van der Waals surface area contributed by atoms with Crippen molar-refractivity contribution >= 4 is 23.0 Å². The summed E-state index contributed by atoms with van der Waals surface area (Å²) < 4.78 is 0. The molecule has 0 amide bonds. The van der Waals surface area contributed by atoms with Gasteiger partial charge in [0.1, 0.15) is 17.5 Å². The first kappa shape index (κ1) is 12.8. The van der Waals surface area contributed by atoms with Crippen LogP contribution in [0.4, 0.5) is 11.6 Å². The van der Waals surface area contributed by atoms with Crippen molar-refractivity contribution in [1.82, 2.24) is 15.0 Å². The van der Waals surface area contributed by atoms with Gasteiger partial charge in [0.05, 0.1) is 17.7 Å². The van der Waals surface area contributed by atoms with Gasteiger partial charge in [0.25, 0.3) is 0 Å². The second-order valence-electron chi connectivity index (χ2n) is 4.06. The highest BCUT2D eigenvalue weighted by Crippen LogP contribution is 2.21. The fourth-order valence-electron chi connectivity index (χ4n) is 1.70. The Morgan fingerprint density at radius 1 is 1.17 bits per heavy atom. The Bertz CT molecular complexity index is 549. The fourth-order valence-corrected chi connectivity index (χ4v) is 2.42. The highest BCUT2D eigenvalue weighted by Gasteiger charge is 2.08. The van der Waals surface area contributed by atoms with E-state index in [4.69, 9.17) is 0 Å². The normalized spacial score (nSPS) is 10.4. The van der Waals surface area contributed by atoms with Crippen molar-refractivity contribution in [3.63, 3.8) is 0 Å². The number of nitrogens with one attached hydrogen (secondary N) is 2. The van der Waals surface area contributed by atoms with Gasteiger partial charge in [-0.05, 0) is 20.8 Å². The molecule has 0 saturated carbocycles. The zero-order valence-electron chi connectivity index (χ0n) is 11.0. The number of rotatable bonds is 4. The van der Waals surface area contributed by atoms with E-state index in [-0.39, 0.29) is 0 Å². The Labute approximate surface area is 111 Å². The Hall–Kier alpha value is -1.69. The molecule has 96 valence electrons. The number of aryl methyl sites for hydroxylation is 2. The summed E-state index contributed by atoms with van der Waals surface area (Å²) in [5, 5.41) is 6.43. The molecule has 0 radical (unpaired) electrons. The zero-order chi connectivity index (χ0) is 13.1. The van der Waals surface area contributed by atoms with Gasteiger partial charge in [0.15, 0.2) is 0 Å².